The van der Waals surface area contributed by atoms with Crippen LogP contribution in [0.3, 0.4) is 0 Å². The van der Waals surface area contributed by atoms with E-state index in [1.807, 2.05) is 0 Å². The van der Waals surface area contributed by atoms with Crippen molar-refractivity contribution in [3.05, 3.63) is 79.6 Å². The molecule has 0 spiro atoms. The van der Waals surface area contributed by atoms with Gasteiger partial charge in [0.15, 0.2) is 5.78 Å². The Morgan fingerprint density at radius 2 is 1.11 bits per heavy atom. The van der Waals surface area contributed by atoms with Gasteiger partial charge in [-0.05, 0) is 59.3 Å². The standard InChI is InChI=1S/C19H14N6O7S2.2Na/c20-24-22-15-5-3-11(17(9-15)33(27,28)29)7-13-1-2-14(19(13)26)8-12-4-6-16(23-25-21)10-18(12)34(30,31)32;;/h3-10H,1-2H2,(H,27,28,29)(H,30,31,32);;/q;2*+1/p-2/b13-7+,14-8+;;. The first-order chi connectivity index (χ1) is 15.9. The number of azide groups is 2. The van der Waals surface area contributed by atoms with Crippen LogP contribution < -0.4 is 59.1 Å². The van der Waals surface area contributed by atoms with Crippen LogP contribution in [-0.2, 0) is 25.0 Å². The minimum absolute atomic E-state index is 0. The van der Waals surface area contributed by atoms with Crippen LogP contribution in [-0.4, -0.2) is 31.7 Å². The van der Waals surface area contributed by atoms with Crippen LogP contribution in [0.5, 0.6) is 0 Å². The summed E-state index contributed by atoms with van der Waals surface area (Å²) in [5, 5.41) is 6.51. The summed E-state index contributed by atoms with van der Waals surface area (Å²) in [5.74, 6) is -0.540. The van der Waals surface area contributed by atoms with E-state index >= 15 is 0 Å². The fourth-order valence-electron chi connectivity index (χ4n) is 3.30. The quantitative estimate of drug-likeness (QED) is 0.101. The summed E-state index contributed by atoms with van der Waals surface area (Å²) in [4.78, 5) is 16.5. The van der Waals surface area contributed by atoms with Crippen molar-refractivity contribution in [1.29, 1.82) is 0 Å². The Balaban J connectivity index is 0.00000324. The third-order valence-corrected chi connectivity index (χ3v) is 6.54. The van der Waals surface area contributed by atoms with E-state index in [1.165, 1.54) is 36.4 Å². The van der Waals surface area contributed by atoms with Crippen molar-refractivity contribution in [2.75, 3.05) is 0 Å². The Morgan fingerprint density at radius 1 is 0.750 bits per heavy atom. The van der Waals surface area contributed by atoms with Gasteiger partial charge in [-0.25, -0.2) is 16.8 Å². The van der Waals surface area contributed by atoms with Crippen molar-refractivity contribution in [2.45, 2.75) is 22.6 Å². The van der Waals surface area contributed by atoms with Gasteiger partial charge in [0.1, 0.15) is 20.2 Å². The van der Waals surface area contributed by atoms with Crippen LogP contribution in [0.25, 0.3) is 33.0 Å². The number of ketones is 1. The van der Waals surface area contributed by atoms with Crippen LogP contribution in [0.1, 0.15) is 24.0 Å². The molecule has 1 saturated carbocycles. The zero-order valence-electron chi connectivity index (χ0n) is 18.9. The molecule has 1 aliphatic carbocycles. The van der Waals surface area contributed by atoms with Crippen molar-refractivity contribution in [1.82, 2.24) is 0 Å². The summed E-state index contributed by atoms with van der Waals surface area (Å²) in [6, 6.07) is 6.75. The maximum atomic E-state index is 12.9. The SMILES string of the molecule is [N-]=[N+]=Nc1ccc(/C=C2\CC/C(=C\c3ccc(N=[N+]=[N-])cc3S(=O)(=O)[O-])C2=O)c(S(=O)(=O)[O-])c1.[Na+].[Na+]. The topological polar surface area (TPSA) is 229 Å². The number of allylic oxidation sites excluding steroid dienone is 2. The number of nitrogens with zero attached hydrogens (tertiary/aromatic N) is 6. The largest absolute Gasteiger partial charge is 1.00 e. The summed E-state index contributed by atoms with van der Waals surface area (Å²) in [6.45, 7) is 0. The first-order valence-electron chi connectivity index (χ1n) is 9.20. The van der Waals surface area contributed by atoms with Gasteiger partial charge in [-0.1, -0.05) is 34.5 Å². The third kappa shape index (κ3) is 7.76. The first kappa shape index (κ1) is 32.1. The molecular formula is C19H12N6Na2O7S2. The number of Topliss-reactive ketones (excluding diaryl/α,β-unsaturated/α-hetero) is 1. The van der Waals surface area contributed by atoms with Crippen LogP contribution in [0.2, 0.25) is 0 Å². The van der Waals surface area contributed by atoms with Gasteiger partial charge in [-0.3, -0.25) is 4.79 Å². The summed E-state index contributed by atoms with van der Waals surface area (Å²) < 4.78 is 69.9. The normalized spacial score (nSPS) is 15.4. The van der Waals surface area contributed by atoms with Crippen molar-refractivity contribution in [3.8, 4) is 0 Å². The monoisotopic (exact) mass is 546 g/mol. The second kappa shape index (κ2) is 13.0. The second-order valence-corrected chi connectivity index (χ2v) is 9.60. The molecule has 2 aromatic carbocycles. The fraction of sp³-hybridized carbons (Fsp3) is 0.105. The molecular weight excluding hydrogens is 534 g/mol. The molecule has 13 nitrogen and oxygen atoms in total. The van der Waals surface area contributed by atoms with E-state index in [1.54, 1.807) is 0 Å². The molecule has 174 valence electrons. The van der Waals surface area contributed by atoms with Gasteiger partial charge in [0.05, 0.1) is 9.79 Å². The molecule has 0 N–H and O–H groups in total. The number of hydrogen-bond donors (Lipinski definition) is 0. The van der Waals surface area contributed by atoms with E-state index in [2.05, 4.69) is 20.1 Å². The Hall–Kier alpha value is -1.97. The Morgan fingerprint density at radius 3 is 1.42 bits per heavy atom. The van der Waals surface area contributed by atoms with Gasteiger partial charge in [0.25, 0.3) is 0 Å². The number of benzene rings is 2. The minimum Gasteiger partial charge on any atom is -0.744 e. The average molecular weight is 546 g/mol. The van der Waals surface area contributed by atoms with Crippen molar-refractivity contribution in [3.63, 3.8) is 0 Å². The molecule has 2 aromatic rings. The molecule has 17 heteroatoms. The average Bonchev–Trinajstić information content (AvgIpc) is 3.08. The van der Waals surface area contributed by atoms with E-state index in [-0.39, 0.29) is 106 Å². The Bertz CT molecular complexity index is 1470. The van der Waals surface area contributed by atoms with E-state index in [0.717, 1.165) is 12.1 Å². The van der Waals surface area contributed by atoms with Crippen molar-refractivity contribution in [2.24, 2.45) is 10.2 Å². The zero-order chi connectivity index (χ0) is 25.1. The minimum atomic E-state index is -4.97. The van der Waals surface area contributed by atoms with E-state index < -0.39 is 35.8 Å². The molecule has 0 aliphatic heterocycles. The zero-order valence-corrected chi connectivity index (χ0v) is 24.5. The molecule has 0 aromatic heterocycles. The van der Waals surface area contributed by atoms with Crippen molar-refractivity contribution >= 4 is 49.5 Å². The maximum absolute atomic E-state index is 12.9. The van der Waals surface area contributed by atoms with E-state index in [4.69, 9.17) is 11.1 Å². The molecule has 0 saturated heterocycles. The predicted molar refractivity (Wildman–Crippen MR) is 117 cm³/mol. The first-order valence-corrected chi connectivity index (χ1v) is 12.0. The smallest absolute Gasteiger partial charge is 0.744 e. The van der Waals surface area contributed by atoms with Crippen LogP contribution in [0.4, 0.5) is 11.4 Å². The molecule has 0 radical (unpaired) electrons. The van der Waals surface area contributed by atoms with Crippen LogP contribution >= 0.6 is 0 Å². The molecule has 36 heavy (non-hydrogen) atoms. The molecule has 1 fully saturated rings. The van der Waals surface area contributed by atoms with Crippen LogP contribution in [0.15, 0.2) is 67.6 Å². The van der Waals surface area contributed by atoms with Crippen LogP contribution in [0, 0.1) is 0 Å². The number of carbonyl (C=O) groups excluding carboxylic acids is 1. The maximum Gasteiger partial charge on any atom is 1.00 e. The number of rotatable bonds is 6. The summed E-state index contributed by atoms with van der Waals surface area (Å²) in [7, 11) is -9.93. The van der Waals surface area contributed by atoms with Gasteiger partial charge in [-0.2, -0.15) is 0 Å². The molecule has 3 rings (SSSR count). The molecule has 0 unspecified atom stereocenters. The molecule has 1 aliphatic rings. The molecule has 0 atom stereocenters. The van der Waals surface area contributed by atoms with Gasteiger partial charge < -0.3 is 9.11 Å². The van der Waals surface area contributed by atoms with Crippen molar-refractivity contribution < 1.29 is 89.9 Å². The van der Waals surface area contributed by atoms with Gasteiger partial charge in [0, 0.05) is 32.3 Å². The van der Waals surface area contributed by atoms with E-state index in [0.29, 0.717) is 0 Å². The van der Waals surface area contributed by atoms with Gasteiger partial charge in [-0.15, -0.1) is 0 Å². The summed E-state index contributed by atoms with van der Waals surface area (Å²) in [6.07, 6.45) is 2.72. The third-order valence-electron chi connectivity index (χ3n) is 4.76. The summed E-state index contributed by atoms with van der Waals surface area (Å²) >= 11 is 0. The molecule has 0 heterocycles. The van der Waals surface area contributed by atoms with E-state index in [9.17, 15) is 30.7 Å². The summed E-state index contributed by atoms with van der Waals surface area (Å²) in [5.41, 5.74) is 16.9. The fourth-order valence-corrected chi connectivity index (χ4v) is 4.66. The Kier molecular flexibility index (Phi) is 11.6. The Labute approximate surface area is 249 Å². The van der Waals surface area contributed by atoms with Gasteiger partial charge >= 0.3 is 59.1 Å². The number of hydrogen-bond acceptors (Lipinski definition) is 9. The predicted octanol–water partition coefficient (Wildman–Crippen LogP) is -1.78. The molecule has 0 bridgehead atoms. The van der Waals surface area contributed by atoms with Gasteiger partial charge in [0.2, 0.25) is 0 Å². The molecule has 0 amide bonds. The second-order valence-electron chi connectivity index (χ2n) is 6.90. The number of carbonyl (C=O) groups is 1.